The van der Waals surface area contributed by atoms with Crippen LogP contribution in [-0.2, 0) is 17.6 Å². The van der Waals surface area contributed by atoms with Crippen LogP contribution in [0.5, 0.6) is 0 Å². The van der Waals surface area contributed by atoms with Gasteiger partial charge in [0.2, 0.25) is 5.91 Å². The molecule has 0 aromatic carbocycles. The van der Waals surface area contributed by atoms with Crippen LogP contribution in [0.3, 0.4) is 0 Å². The average molecular weight is 364 g/mol. The third-order valence-electron chi connectivity index (χ3n) is 4.75. The zero-order valence-electron chi connectivity index (χ0n) is 14.6. The first-order valence-corrected chi connectivity index (χ1v) is 10.6. The number of nitrogens with one attached hydrogen (secondary N) is 1. The van der Waals surface area contributed by atoms with Crippen LogP contribution in [0.1, 0.15) is 50.5 Å². The van der Waals surface area contributed by atoms with Gasteiger partial charge in [-0.25, -0.2) is 9.97 Å². The summed E-state index contributed by atoms with van der Waals surface area (Å²) in [6, 6.07) is 0.277. The van der Waals surface area contributed by atoms with E-state index in [1.54, 1.807) is 29.4 Å². The molecule has 0 fully saturated rings. The highest BCUT2D eigenvalue weighted by Crippen LogP contribution is 2.40. The SMILES string of the molecule is CCC(CC)NC(=O)CSc1ncnc2sc3c(c12)CC[C@H](C)C3. The van der Waals surface area contributed by atoms with E-state index in [0.717, 1.165) is 41.5 Å². The number of aryl methyl sites for hydroxylation is 1. The maximum absolute atomic E-state index is 12.2. The number of carbonyl (C=O) groups is 1. The molecule has 24 heavy (non-hydrogen) atoms. The van der Waals surface area contributed by atoms with Crippen molar-refractivity contribution >= 4 is 39.2 Å². The van der Waals surface area contributed by atoms with Crippen molar-refractivity contribution in [3.05, 3.63) is 16.8 Å². The van der Waals surface area contributed by atoms with Crippen molar-refractivity contribution in [1.82, 2.24) is 15.3 Å². The second-order valence-corrected chi connectivity index (χ2v) is 8.63. The molecule has 0 aliphatic heterocycles. The Morgan fingerprint density at radius 3 is 2.96 bits per heavy atom. The van der Waals surface area contributed by atoms with Crippen LogP contribution >= 0.6 is 23.1 Å². The lowest BCUT2D eigenvalue weighted by Crippen LogP contribution is -2.35. The highest BCUT2D eigenvalue weighted by molar-refractivity contribution is 8.00. The number of thioether (sulfide) groups is 1. The lowest BCUT2D eigenvalue weighted by Gasteiger charge is -2.18. The van der Waals surface area contributed by atoms with Gasteiger partial charge in [-0.15, -0.1) is 11.3 Å². The number of fused-ring (bicyclic) bond motifs is 3. The maximum atomic E-state index is 12.2. The molecule has 0 unspecified atom stereocenters. The van der Waals surface area contributed by atoms with Crippen molar-refractivity contribution in [2.24, 2.45) is 5.92 Å². The van der Waals surface area contributed by atoms with E-state index in [0.29, 0.717) is 5.75 Å². The van der Waals surface area contributed by atoms with E-state index in [1.807, 2.05) is 0 Å². The Hall–Kier alpha value is -1.14. The minimum Gasteiger partial charge on any atom is -0.353 e. The van der Waals surface area contributed by atoms with Gasteiger partial charge in [-0.2, -0.15) is 0 Å². The normalized spacial score (nSPS) is 17.2. The first-order chi connectivity index (χ1) is 11.6. The monoisotopic (exact) mass is 363 g/mol. The highest BCUT2D eigenvalue weighted by atomic mass is 32.2. The van der Waals surface area contributed by atoms with E-state index in [9.17, 15) is 4.79 Å². The Labute approximate surface area is 151 Å². The van der Waals surface area contributed by atoms with E-state index in [-0.39, 0.29) is 11.9 Å². The van der Waals surface area contributed by atoms with Crippen LogP contribution < -0.4 is 5.32 Å². The van der Waals surface area contributed by atoms with E-state index in [1.165, 1.54) is 22.2 Å². The van der Waals surface area contributed by atoms with Crippen molar-refractivity contribution in [3.63, 3.8) is 0 Å². The summed E-state index contributed by atoms with van der Waals surface area (Å²) in [5.41, 5.74) is 1.43. The molecule has 0 saturated carbocycles. The predicted molar refractivity (Wildman–Crippen MR) is 102 cm³/mol. The number of hydrogen-bond donors (Lipinski definition) is 1. The second kappa shape index (κ2) is 7.83. The summed E-state index contributed by atoms with van der Waals surface area (Å²) >= 11 is 3.35. The Morgan fingerprint density at radius 1 is 1.42 bits per heavy atom. The number of thiophene rings is 1. The quantitative estimate of drug-likeness (QED) is 0.617. The fraction of sp³-hybridized carbons (Fsp3) is 0.611. The molecule has 0 spiro atoms. The summed E-state index contributed by atoms with van der Waals surface area (Å²) in [4.78, 5) is 23.7. The molecule has 1 aliphatic rings. The second-order valence-electron chi connectivity index (χ2n) is 6.58. The van der Waals surface area contributed by atoms with E-state index < -0.39 is 0 Å². The molecule has 1 aliphatic carbocycles. The summed E-state index contributed by atoms with van der Waals surface area (Å²) in [5.74, 6) is 1.27. The van der Waals surface area contributed by atoms with Crippen molar-refractivity contribution in [2.45, 2.75) is 63.9 Å². The van der Waals surface area contributed by atoms with Gasteiger partial charge >= 0.3 is 0 Å². The van der Waals surface area contributed by atoms with Gasteiger partial charge in [-0.05, 0) is 43.6 Å². The molecule has 3 rings (SSSR count). The number of amides is 1. The fourth-order valence-electron chi connectivity index (χ4n) is 3.25. The lowest BCUT2D eigenvalue weighted by molar-refractivity contribution is -0.119. The van der Waals surface area contributed by atoms with Gasteiger partial charge in [0.15, 0.2) is 0 Å². The van der Waals surface area contributed by atoms with Crippen molar-refractivity contribution in [3.8, 4) is 0 Å². The third kappa shape index (κ3) is 3.75. The number of aromatic nitrogens is 2. The predicted octanol–water partition coefficient (Wildman–Crippen LogP) is 4.21. The minimum atomic E-state index is 0.0955. The number of rotatable bonds is 6. The highest BCUT2D eigenvalue weighted by Gasteiger charge is 2.23. The number of nitrogens with zero attached hydrogens (tertiary/aromatic N) is 2. The first-order valence-electron chi connectivity index (χ1n) is 8.79. The van der Waals surface area contributed by atoms with Crippen LogP contribution in [0, 0.1) is 5.92 Å². The molecule has 1 amide bonds. The number of carbonyl (C=O) groups excluding carboxylic acids is 1. The Balaban J connectivity index is 1.77. The first kappa shape index (κ1) is 17.7. The summed E-state index contributed by atoms with van der Waals surface area (Å²) < 4.78 is 0. The Bertz CT molecular complexity index is 724. The van der Waals surface area contributed by atoms with E-state index in [2.05, 4.69) is 36.1 Å². The summed E-state index contributed by atoms with van der Waals surface area (Å²) in [6.45, 7) is 6.53. The largest absolute Gasteiger partial charge is 0.353 e. The lowest BCUT2D eigenvalue weighted by atomic mass is 9.89. The minimum absolute atomic E-state index is 0.0955. The topological polar surface area (TPSA) is 54.9 Å². The van der Waals surface area contributed by atoms with Gasteiger partial charge in [0.1, 0.15) is 16.2 Å². The fourth-order valence-corrected chi connectivity index (χ4v) is 5.50. The molecule has 2 aromatic heterocycles. The van der Waals surface area contributed by atoms with Gasteiger partial charge in [-0.3, -0.25) is 4.79 Å². The summed E-state index contributed by atoms with van der Waals surface area (Å²) in [5, 5.41) is 5.26. The molecular formula is C18H25N3OS2. The molecule has 2 heterocycles. The molecule has 0 saturated heterocycles. The maximum Gasteiger partial charge on any atom is 0.230 e. The van der Waals surface area contributed by atoms with Crippen LogP contribution in [0.4, 0.5) is 0 Å². The smallest absolute Gasteiger partial charge is 0.230 e. The molecule has 1 atom stereocenters. The third-order valence-corrected chi connectivity index (χ3v) is 6.90. The van der Waals surface area contributed by atoms with Gasteiger partial charge in [0.05, 0.1) is 5.75 Å². The van der Waals surface area contributed by atoms with Crippen LogP contribution in [0.15, 0.2) is 11.4 Å². The van der Waals surface area contributed by atoms with Gasteiger partial charge < -0.3 is 5.32 Å². The standard InChI is InChI=1S/C18H25N3OS2/c1-4-12(5-2)21-15(22)9-23-17-16-13-7-6-11(3)8-14(13)24-18(16)20-10-19-17/h10-12H,4-9H2,1-3H3,(H,21,22)/t11-/m0/s1. The zero-order valence-corrected chi connectivity index (χ0v) is 16.2. The van der Waals surface area contributed by atoms with Gasteiger partial charge in [-0.1, -0.05) is 32.5 Å². The summed E-state index contributed by atoms with van der Waals surface area (Å²) in [7, 11) is 0. The molecular weight excluding hydrogens is 338 g/mol. The molecule has 0 bridgehead atoms. The molecule has 0 radical (unpaired) electrons. The molecule has 2 aromatic rings. The van der Waals surface area contributed by atoms with Crippen molar-refractivity contribution in [1.29, 1.82) is 0 Å². The van der Waals surface area contributed by atoms with Crippen molar-refractivity contribution < 1.29 is 4.79 Å². The summed E-state index contributed by atoms with van der Waals surface area (Å²) in [6.07, 6.45) is 7.07. The molecule has 130 valence electrons. The van der Waals surface area contributed by atoms with Crippen LogP contribution in [-0.4, -0.2) is 27.7 Å². The average Bonchev–Trinajstić information content (AvgIpc) is 2.95. The Kier molecular flexibility index (Phi) is 5.76. The zero-order chi connectivity index (χ0) is 17.1. The molecule has 6 heteroatoms. The molecule has 1 N–H and O–H groups in total. The van der Waals surface area contributed by atoms with Gasteiger partial charge in [0.25, 0.3) is 0 Å². The van der Waals surface area contributed by atoms with E-state index in [4.69, 9.17) is 0 Å². The van der Waals surface area contributed by atoms with Crippen LogP contribution in [0.25, 0.3) is 10.2 Å². The van der Waals surface area contributed by atoms with Crippen molar-refractivity contribution in [2.75, 3.05) is 5.75 Å². The molecule has 4 nitrogen and oxygen atoms in total. The van der Waals surface area contributed by atoms with Gasteiger partial charge in [0, 0.05) is 16.3 Å². The Morgan fingerprint density at radius 2 is 2.21 bits per heavy atom. The number of hydrogen-bond acceptors (Lipinski definition) is 5. The van der Waals surface area contributed by atoms with E-state index >= 15 is 0 Å². The van der Waals surface area contributed by atoms with Crippen LogP contribution in [0.2, 0.25) is 0 Å².